The number of ether oxygens (including phenoxy) is 1. The molecule has 0 saturated heterocycles. The van der Waals surface area contributed by atoms with Crippen LogP contribution in [0, 0.1) is 0 Å². The largest absolute Gasteiger partial charge is 0.453 e. The van der Waals surface area contributed by atoms with Crippen molar-refractivity contribution in [1.29, 1.82) is 0 Å². The van der Waals surface area contributed by atoms with Crippen molar-refractivity contribution in [3.8, 4) is 11.5 Å². The Bertz CT molecular complexity index is 626. The van der Waals surface area contributed by atoms with Crippen LogP contribution in [-0.4, -0.2) is 0 Å². The van der Waals surface area contributed by atoms with Gasteiger partial charge in [-0.1, -0.05) is 33.6 Å². The number of hydrogen-bond donors (Lipinski definition) is 1. The molecule has 2 nitrogen and oxygen atoms in total. The third-order valence-electron chi connectivity index (χ3n) is 2.46. The first-order valence-corrected chi connectivity index (χ1v) is 6.54. The second kappa shape index (κ2) is 5.54. The average Bonchev–Trinajstić information content (AvgIpc) is 2.34. The van der Waals surface area contributed by atoms with Crippen LogP contribution in [-0.2, 0) is 6.18 Å². The molecule has 0 radical (unpaired) electrons. The van der Waals surface area contributed by atoms with E-state index in [9.17, 15) is 13.2 Å². The van der Waals surface area contributed by atoms with Gasteiger partial charge in [0.05, 0.1) is 16.3 Å². The summed E-state index contributed by atoms with van der Waals surface area (Å²) >= 11 is 8.88. The first-order chi connectivity index (χ1) is 9.29. The number of anilines is 1. The van der Waals surface area contributed by atoms with E-state index >= 15 is 0 Å². The van der Waals surface area contributed by atoms with Crippen LogP contribution in [0.1, 0.15) is 5.56 Å². The van der Waals surface area contributed by atoms with E-state index in [0.717, 1.165) is 6.07 Å². The van der Waals surface area contributed by atoms with E-state index < -0.39 is 11.7 Å². The number of hydrogen-bond acceptors (Lipinski definition) is 2. The lowest BCUT2D eigenvalue weighted by atomic mass is 10.2. The quantitative estimate of drug-likeness (QED) is 0.713. The van der Waals surface area contributed by atoms with E-state index in [1.165, 1.54) is 24.3 Å². The fourth-order valence-corrected chi connectivity index (χ4v) is 2.14. The third-order valence-corrected chi connectivity index (χ3v) is 3.25. The number of halogens is 5. The van der Waals surface area contributed by atoms with E-state index in [2.05, 4.69) is 15.9 Å². The van der Waals surface area contributed by atoms with Crippen LogP contribution in [0.2, 0.25) is 5.02 Å². The highest BCUT2D eigenvalue weighted by Crippen LogP contribution is 2.42. The summed E-state index contributed by atoms with van der Waals surface area (Å²) < 4.78 is 44.5. The molecule has 0 bridgehead atoms. The molecule has 2 aromatic rings. The molecule has 20 heavy (non-hydrogen) atoms. The maximum Gasteiger partial charge on any atom is 0.420 e. The summed E-state index contributed by atoms with van der Waals surface area (Å²) in [6, 6.07) is 8.14. The summed E-state index contributed by atoms with van der Waals surface area (Å²) in [5, 5.41) is 0.140. The minimum absolute atomic E-state index is 0.00184. The van der Waals surface area contributed by atoms with Gasteiger partial charge in [0.1, 0.15) is 5.75 Å². The molecule has 0 heterocycles. The minimum Gasteiger partial charge on any atom is -0.453 e. The molecule has 0 spiro atoms. The zero-order valence-electron chi connectivity index (χ0n) is 9.84. The SMILES string of the molecule is Nc1cccc(Cl)c1Oc1ccc(Br)cc1C(F)(F)F. The molecular weight excluding hydrogens is 358 g/mol. The lowest BCUT2D eigenvalue weighted by molar-refractivity contribution is -0.138. The molecule has 0 unspecified atom stereocenters. The molecule has 0 aliphatic rings. The minimum atomic E-state index is -4.55. The van der Waals surface area contributed by atoms with Gasteiger partial charge in [-0.15, -0.1) is 0 Å². The zero-order valence-corrected chi connectivity index (χ0v) is 12.2. The topological polar surface area (TPSA) is 35.2 Å². The van der Waals surface area contributed by atoms with Gasteiger partial charge in [-0.25, -0.2) is 0 Å². The first kappa shape index (κ1) is 15.0. The van der Waals surface area contributed by atoms with Crippen molar-refractivity contribution in [3.63, 3.8) is 0 Å². The summed E-state index contributed by atoms with van der Waals surface area (Å²) in [6.07, 6.45) is -4.55. The maximum atomic E-state index is 13.0. The van der Waals surface area contributed by atoms with Gasteiger partial charge >= 0.3 is 6.18 Å². The van der Waals surface area contributed by atoms with E-state index in [1.807, 2.05) is 0 Å². The van der Waals surface area contributed by atoms with Gasteiger partial charge in [-0.3, -0.25) is 0 Å². The fourth-order valence-electron chi connectivity index (χ4n) is 1.56. The van der Waals surface area contributed by atoms with Crippen molar-refractivity contribution in [3.05, 3.63) is 51.5 Å². The lowest BCUT2D eigenvalue weighted by Gasteiger charge is -2.15. The predicted molar refractivity (Wildman–Crippen MR) is 75.1 cm³/mol. The van der Waals surface area contributed by atoms with Gasteiger partial charge < -0.3 is 10.5 Å². The highest BCUT2D eigenvalue weighted by atomic mass is 79.9. The Morgan fingerprint density at radius 3 is 2.45 bits per heavy atom. The number of nitrogen functional groups attached to an aromatic ring is 1. The molecule has 7 heteroatoms. The summed E-state index contributed by atoms with van der Waals surface area (Å²) in [5.74, 6) is -0.359. The lowest BCUT2D eigenvalue weighted by Crippen LogP contribution is -2.07. The molecule has 2 rings (SSSR count). The molecular formula is C13H8BrClF3NO. The summed E-state index contributed by atoms with van der Waals surface area (Å²) in [4.78, 5) is 0. The Morgan fingerprint density at radius 1 is 1.15 bits per heavy atom. The van der Waals surface area contributed by atoms with E-state index in [0.29, 0.717) is 4.47 Å². The molecule has 0 aliphatic heterocycles. The van der Waals surface area contributed by atoms with Crippen molar-refractivity contribution in [2.45, 2.75) is 6.18 Å². The molecule has 0 fully saturated rings. The molecule has 0 saturated carbocycles. The second-order valence-electron chi connectivity index (χ2n) is 3.90. The van der Waals surface area contributed by atoms with Crippen LogP contribution in [0.5, 0.6) is 11.5 Å². The molecule has 0 aromatic heterocycles. The normalized spacial score (nSPS) is 11.4. The monoisotopic (exact) mass is 365 g/mol. The van der Waals surface area contributed by atoms with Crippen LogP contribution in [0.15, 0.2) is 40.9 Å². The summed E-state index contributed by atoms with van der Waals surface area (Å²) in [6.45, 7) is 0. The summed E-state index contributed by atoms with van der Waals surface area (Å²) in [5.41, 5.74) is 4.91. The van der Waals surface area contributed by atoms with E-state index in [-0.39, 0.29) is 22.2 Å². The second-order valence-corrected chi connectivity index (χ2v) is 5.22. The standard InChI is InChI=1S/C13H8BrClF3NO/c14-7-4-5-11(8(6-7)13(16,17)18)20-12-9(15)2-1-3-10(12)19/h1-6H,19H2. The van der Waals surface area contributed by atoms with Gasteiger partial charge in [-0.2, -0.15) is 13.2 Å². The van der Waals surface area contributed by atoms with Crippen molar-refractivity contribution in [2.24, 2.45) is 0 Å². The number of alkyl halides is 3. The Morgan fingerprint density at radius 2 is 1.85 bits per heavy atom. The van der Waals surface area contributed by atoms with Crippen molar-refractivity contribution < 1.29 is 17.9 Å². The fraction of sp³-hybridized carbons (Fsp3) is 0.0769. The van der Waals surface area contributed by atoms with Gasteiger partial charge in [0, 0.05) is 4.47 Å². The number of rotatable bonds is 2. The molecule has 106 valence electrons. The smallest absolute Gasteiger partial charge is 0.420 e. The van der Waals surface area contributed by atoms with Crippen molar-refractivity contribution in [1.82, 2.24) is 0 Å². The van der Waals surface area contributed by atoms with E-state index in [1.54, 1.807) is 6.07 Å². The van der Waals surface area contributed by atoms with E-state index in [4.69, 9.17) is 22.1 Å². The molecule has 0 atom stereocenters. The van der Waals surface area contributed by atoms with Gasteiger partial charge in [0.15, 0.2) is 5.75 Å². The Hall–Kier alpha value is -1.40. The van der Waals surface area contributed by atoms with Crippen LogP contribution < -0.4 is 10.5 Å². The van der Waals surface area contributed by atoms with Crippen LogP contribution in [0.3, 0.4) is 0 Å². The molecule has 0 amide bonds. The predicted octanol–water partition coefficient (Wildman–Crippen LogP) is 5.50. The Balaban J connectivity index is 2.49. The number of benzene rings is 2. The Kier molecular flexibility index (Phi) is 4.15. The highest BCUT2D eigenvalue weighted by Gasteiger charge is 2.35. The van der Waals surface area contributed by atoms with Crippen LogP contribution >= 0.6 is 27.5 Å². The molecule has 2 aromatic carbocycles. The van der Waals surface area contributed by atoms with Gasteiger partial charge in [0.2, 0.25) is 0 Å². The van der Waals surface area contributed by atoms with Crippen molar-refractivity contribution >= 4 is 33.2 Å². The third kappa shape index (κ3) is 3.19. The van der Waals surface area contributed by atoms with Gasteiger partial charge in [-0.05, 0) is 30.3 Å². The molecule has 2 N–H and O–H groups in total. The average molecular weight is 367 g/mol. The van der Waals surface area contributed by atoms with Gasteiger partial charge in [0.25, 0.3) is 0 Å². The highest BCUT2D eigenvalue weighted by molar-refractivity contribution is 9.10. The maximum absolute atomic E-state index is 13.0. The number of para-hydroxylation sites is 1. The first-order valence-electron chi connectivity index (χ1n) is 5.37. The zero-order chi connectivity index (χ0) is 14.9. The van der Waals surface area contributed by atoms with Crippen LogP contribution in [0.4, 0.5) is 18.9 Å². The van der Waals surface area contributed by atoms with Crippen molar-refractivity contribution in [2.75, 3.05) is 5.73 Å². The Labute approximate surface area is 126 Å². The van der Waals surface area contributed by atoms with Crippen LogP contribution in [0.25, 0.3) is 0 Å². The summed E-state index contributed by atoms with van der Waals surface area (Å²) in [7, 11) is 0. The molecule has 0 aliphatic carbocycles. The number of nitrogens with two attached hydrogens (primary N) is 1.